The van der Waals surface area contributed by atoms with Crippen LogP contribution in [0.2, 0.25) is 0 Å². The van der Waals surface area contributed by atoms with Crippen LogP contribution in [-0.4, -0.2) is 29.5 Å². The fourth-order valence-corrected chi connectivity index (χ4v) is 2.11. The molecule has 0 aliphatic carbocycles. The summed E-state index contributed by atoms with van der Waals surface area (Å²) in [7, 11) is 1.64. The Bertz CT molecular complexity index is 593. The molecule has 0 atom stereocenters. The van der Waals surface area contributed by atoms with Crippen molar-refractivity contribution in [1.82, 2.24) is 15.3 Å². The van der Waals surface area contributed by atoms with Gasteiger partial charge in [0, 0.05) is 31.3 Å². The Morgan fingerprint density at radius 3 is 2.95 bits per heavy atom. The molecule has 21 heavy (non-hydrogen) atoms. The van der Waals surface area contributed by atoms with Crippen molar-refractivity contribution in [2.75, 3.05) is 13.7 Å². The number of aromatic amines is 1. The van der Waals surface area contributed by atoms with E-state index in [0.29, 0.717) is 19.4 Å². The van der Waals surface area contributed by atoms with Crippen molar-refractivity contribution in [2.45, 2.75) is 26.2 Å². The van der Waals surface area contributed by atoms with Gasteiger partial charge >= 0.3 is 0 Å². The lowest BCUT2D eigenvalue weighted by Gasteiger charge is -2.06. The summed E-state index contributed by atoms with van der Waals surface area (Å²) < 4.78 is 5.17. The maximum Gasteiger partial charge on any atom is 0.220 e. The van der Waals surface area contributed by atoms with E-state index in [0.717, 1.165) is 29.3 Å². The van der Waals surface area contributed by atoms with E-state index in [1.807, 2.05) is 31.2 Å². The van der Waals surface area contributed by atoms with E-state index in [4.69, 9.17) is 4.74 Å². The Kier molecular flexibility index (Phi) is 5.37. The monoisotopic (exact) mass is 287 g/mol. The molecule has 0 aliphatic heterocycles. The highest BCUT2D eigenvalue weighted by atomic mass is 16.5. The molecule has 112 valence electrons. The molecule has 5 nitrogen and oxygen atoms in total. The average Bonchev–Trinajstić information content (AvgIpc) is 2.91. The van der Waals surface area contributed by atoms with Crippen molar-refractivity contribution in [1.29, 1.82) is 0 Å². The largest absolute Gasteiger partial charge is 0.497 e. The lowest BCUT2D eigenvalue weighted by molar-refractivity contribution is -0.121. The molecule has 1 aromatic carbocycles. The van der Waals surface area contributed by atoms with Gasteiger partial charge in [-0.25, -0.2) is 4.98 Å². The van der Waals surface area contributed by atoms with E-state index in [1.165, 1.54) is 0 Å². The molecule has 0 bridgehead atoms. The third kappa shape index (κ3) is 4.95. The summed E-state index contributed by atoms with van der Waals surface area (Å²) in [5, 5.41) is 2.92. The smallest absolute Gasteiger partial charge is 0.220 e. The maximum atomic E-state index is 11.8. The number of ether oxygens (including phenoxy) is 1. The van der Waals surface area contributed by atoms with E-state index in [1.54, 1.807) is 13.3 Å². The number of hydrogen-bond donors (Lipinski definition) is 2. The van der Waals surface area contributed by atoms with Gasteiger partial charge in [-0.15, -0.1) is 0 Å². The molecule has 0 saturated heterocycles. The van der Waals surface area contributed by atoms with Crippen LogP contribution in [0.25, 0.3) is 0 Å². The van der Waals surface area contributed by atoms with E-state index in [9.17, 15) is 4.79 Å². The van der Waals surface area contributed by atoms with Gasteiger partial charge in [-0.05, 0) is 31.0 Å². The quantitative estimate of drug-likeness (QED) is 0.818. The van der Waals surface area contributed by atoms with Crippen molar-refractivity contribution < 1.29 is 9.53 Å². The van der Waals surface area contributed by atoms with Gasteiger partial charge in [-0.2, -0.15) is 0 Å². The van der Waals surface area contributed by atoms with E-state index in [-0.39, 0.29) is 5.91 Å². The Hall–Kier alpha value is -2.30. The van der Waals surface area contributed by atoms with E-state index < -0.39 is 0 Å². The van der Waals surface area contributed by atoms with Crippen LogP contribution in [-0.2, 0) is 17.6 Å². The molecular formula is C16H21N3O2. The molecule has 1 amide bonds. The minimum atomic E-state index is 0.0639. The number of H-pyrrole nitrogens is 1. The number of amides is 1. The van der Waals surface area contributed by atoms with Crippen molar-refractivity contribution in [3.8, 4) is 5.75 Å². The second-order valence-corrected chi connectivity index (χ2v) is 4.95. The fraction of sp³-hybridized carbons (Fsp3) is 0.375. The normalized spacial score (nSPS) is 10.4. The molecule has 1 heterocycles. The van der Waals surface area contributed by atoms with E-state index >= 15 is 0 Å². The zero-order valence-corrected chi connectivity index (χ0v) is 12.5. The number of hydrogen-bond acceptors (Lipinski definition) is 3. The van der Waals surface area contributed by atoms with Crippen LogP contribution in [0.3, 0.4) is 0 Å². The molecule has 0 unspecified atom stereocenters. The fourth-order valence-electron chi connectivity index (χ4n) is 2.11. The van der Waals surface area contributed by atoms with Crippen LogP contribution >= 0.6 is 0 Å². The second kappa shape index (κ2) is 7.47. The Balaban J connectivity index is 1.69. The Morgan fingerprint density at radius 1 is 1.38 bits per heavy atom. The van der Waals surface area contributed by atoms with Gasteiger partial charge in [-0.3, -0.25) is 4.79 Å². The number of nitrogens with zero attached hydrogens (tertiary/aromatic N) is 1. The summed E-state index contributed by atoms with van der Waals surface area (Å²) in [5.74, 6) is 1.78. The zero-order valence-electron chi connectivity index (χ0n) is 12.5. The van der Waals surface area contributed by atoms with Crippen LogP contribution in [0.4, 0.5) is 0 Å². The number of aromatic nitrogens is 2. The van der Waals surface area contributed by atoms with Crippen LogP contribution in [0.1, 0.15) is 23.5 Å². The van der Waals surface area contributed by atoms with Crippen LogP contribution in [0, 0.1) is 6.92 Å². The molecule has 0 saturated carbocycles. The number of aryl methyl sites for hydroxylation is 2. The molecule has 0 spiro atoms. The van der Waals surface area contributed by atoms with Gasteiger partial charge in [0.15, 0.2) is 0 Å². The highest BCUT2D eigenvalue weighted by molar-refractivity contribution is 5.76. The molecule has 2 N–H and O–H groups in total. The topological polar surface area (TPSA) is 67.0 Å². The number of carbonyl (C=O) groups is 1. The first-order valence-electron chi connectivity index (χ1n) is 7.07. The molecule has 1 aromatic heterocycles. The number of benzene rings is 1. The second-order valence-electron chi connectivity index (χ2n) is 4.95. The van der Waals surface area contributed by atoms with Crippen molar-refractivity contribution >= 4 is 5.91 Å². The van der Waals surface area contributed by atoms with Crippen molar-refractivity contribution in [3.63, 3.8) is 0 Å². The van der Waals surface area contributed by atoms with E-state index in [2.05, 4.69) is 15.3 Å². The first-order valence-corrected chi connectivity index (χ1v) is 7.07. The lowest BCUT2D eigenvalue weighted by Crippen LogP contribution is -2.25. The van der Waals surface area contributed by atoms with Gasteiger partial charge in [-0.1, -0.05) is 12.1 Å². The number of imidazole rings is 1. The van der Waals surface area contributed by atoms with Crippen LogP contribution in [0.5, 0.6) is 5.75 Å². The van der Waals surface area contributed by atoms with Gasteiger partial charge in [0.25, 0.3) is 0 Å². The van der Waals surface area contributed by atoms with Gasteiger partial charge in [0.05, 0.1) is 7.11 Å². The van der Waals surface area contributed by atoms with Gasteiger partial charge in [0.1, 0.15) is 11.6 Å². The maximum absolute atomic E-state index is 11.8. The average molecular weight is 287 g/mol. The first-order chi connectivity index (χ1) is 10.2. The molecule has 0 aliphatic rings. The summed E-state index contributed by atoms with van der Waals surface area (Å²) in [6, 6.07) is 7.80. The summed E-state index contributed by atoms with van der Waals surface area (Å²) >= 11 is 0. The number of methoxy groups -OCH3 is 1. The predicted octanol–water partition coefficient (Wildman–Crippen LogP) is 2.02. The van der Waals surface area contributed by atoms with Crippen LogP contribution < -0.4 is 10.1 Å². The van der Waals surface area contributed by atoms with Gasteiger partial charge < -0.3 is 15.0 Å². The van der Waals surface area contributed by atoms with Gasteiger partial charge in [0.2, 0.25) is 5.91 Å². The molecule has 2 aromatic rings. The molecular weight excluding hydrogens is 266 g/mol. The molecule has 2 rings (SSSR count). The number of nitrogens with one attached hydrogen (secondary N) is 2. The Morgan fingerprint density at radius 2 is 2.24 bits per heavy atom. The minimum Gasteiger partial charge on any atom is -0.497 e. The highest BCUT2D eigenvalue weighted by Crippen LogP contribution is 2.13. The molecule has 0 radical (unpaired) electrons. The SMILES string of the molecule is COc1cccc(CCC(=O)NCCc2cnc(C)[nH]2)c1. The Labute approximate surface area is 124 Å². The summed E-state index contributed by atoms with van der Waals surface area (Å²) in [6.45, 7) is 2.54. The summed E-state index contributed by atoms with van der Waals surface area (Å²) in [4.78, 5) is 19.1. The minimum absolute atomic E-state index is 0.0639. The molecule has 0 fully saturated rings. The number of carbonyl (C=O) groups excluding carboxylic acids is 1. The van der Waals surface area contributed by atoms with Crippen molar-refractivity contribution in [3.05, 3.63) is 47.5 Å². The highest BCUT2D eigenvalue weighted by Gasteiger charge is 2.04. The predicted molar refractivity (Wildman–Crippen MR) is 81.4 cm³/mol. The summed E-state index contributed by atoms with van der Waals surface area (Å²) in [5.41, 5.74) is 2.15. The number of rotatable bonds is 7. The van der Waals surface area contributed by atoms with Crippen LogP contribution in [0.15, 0.2) is 30.5 Å². The lowest BCUT2D eigenvalue weighted by atomic mass is 10.1. The molecule has 5 heteroatoms. The standard InChI is InChI=1S/C16H21N3O2/c1-12-18-11-14(19-12)8-9-17-16(20)7-6-13-4-3-5-15(10-13)21-2/h3-5,10-11H,6-9H2,1-2H3,(H,17,20)(H,18,19). The first kappa shape index (κ1) is 15.1. The zero-order chi connectivity index (χ0) is 15.1. The third-order valence-electron chi connectivity index (χ3n) is 3.25. The third-order valence-corrected chi connectivity index (χ3v) is 3.25. The summed E-state index contributed by atoms with van der Waals surface area (Å²) in [6.07, 6.45) is 3.77. The van der Waals surface area contributed by atoms with Crippen molar-refractivity contribution in [2.24, 2.45) is 0 Å².